The fourth-order valence-corrected chi connectivity index (χ4v) is 4.10. The van der Waals surface area contributed by atoms with Crippen LogP contribution in [0.25, 0.3) is 0 Å². The van der Waals surface area contributed by atoms with Crippen LogP contribution in [0.5, 0.6) is 0 Å². The second-order valence-corrected chi connectivity index (χ2v) is 8.43. The van der Waals surface area contributed by atoms with Gasteiger partial charge in [-0.25, -0.2) is 0 Å². The van der Waals surface area contributed by atoms with Crippen LogP contribution >= 0.6 is 11.6 Å². The number of benzene rings is 1. The zero-order valence-electron chi connectivity index (χ0n) is 16.9. The third-order valence-electron chi connectivity index (χ3n) is 5.92. The van der Waals surface area contributed by atoms with Crippen molar-refractivity contribution in [3.8, 4) is 0 Å². The number of nitrogens with one attached hydrogen (secondary N) is 1. The highest BCUT2D eigenvalue weighted by Gasteiger charge is 2.30. The molecule has 0 aliphatic carbocycles. The number of anilines is 1. The van der Waals surface area contributed by atoms with Crippen molar-refractivity contribution in [3.63, 3.8) is 0 Å². The number of likely N-dealkylation sites (tertiary alicyclic amines) is 1. The van der Waals surface area contributed by atoms with Gasteiger partial charge in [0.1, 0.15) is 0 Å². The number of nitrogens with zero attached hydrogens (tertiary/aromatic N) is 3. The van der Waals surface area contributed by atoms with Gasteiger partial charge in [0, 0.05) is 39.3 Å². The number of amides is 2. The maximum Gasteiger partial charge on any atom is 0.239 e. The van der Waals surface area contributed by atoms with Gasteiger partial charge in [-0.1, -0.05) is 30.7 Å². The van der Waals surface area contributed by atoms with Crippen molar-refractivity contribution in [2.75, 3.05) is 51.1 Å². The SMILES string of the molecule is CC1CCN(C(=O)C(C)N2CCN(CC(=O)Nc3ccccc3Cl)CC2)CC1. The summed E-state index contributed by atoms with van der Waals surface area (Å²) < 4.78 is 0. The number of piperazine rings is 1. The first kappa shape index (κ1) is 21.1. The molecule has 2 fully saturated rings. The summed E-state index contributed by atoms with van der Waals surface area (Å²) in [6.07, 6.45) is 2.21. The van der Waals surface area contributed by atoms with E-state index in [1.165, 1.54) is 0 Å². The summed E-state index contributed by atoms with van der Waals surface area (Å²) in [5.41, 5.74) is 0.642. The maximum atomic E-state index is 12.8. The van der Waals surface area contributed by atoms with Gasteiger partial charge in [0.25, 0.3) is 0 Å². The summed E-state index contributed by atoms with van der Waals surface area (Å²) in [4.78, 5) is 31.5. The molecule has 3 rings (SSSR count). The van der Waals surface area contributed by atoms with Gasteiger partial charge < -0.3 is 10.2 Å². The van der Waals surface area contributed by atoms with Crippen molar-refractivity contribution in [3.05, 3.63) is 29.3 Å². The summed E-state index contributed by atoms with van der Waals surface area (Å²) in [5.74, 6) is 0.907. The van der Waals surface area contributed by atoms with E-state index >= 15 is 0 Å². The average molecular weight is 407 g/mol. The van der Waals surface area contributed by atoms with Gasteiger partial charge in [-0.3, -0.25) is 19.4 Å². The van der Waals surface area contributed by atoms with E-state index in [-0.39, 0.29) is 17.9 Å². The zero-order valence-corrected chi connectivity index (χ0v) is 17.6. The molecule has 1 atom stereocenters. The quantitative estimate of drug-likeness (QED) is 0.816. The average Bonchev–Trinajstić information content (AvgIpc) is 2.70. The molecule has 2 aliphatic rings. The first-order valence-electron chi connectivity index (χ1n) is 10.2. The highest BCUT2D eigenvalue weighted by molar-refractivity contribution is 6.33. The molecule has 2 aliphatic heterocycles. The molecule has 1 unspecified atom stereocenters. The molecular weight excluding hydrogens is 376 g/mol. The molecule has 2 saturated heterocycles. The van der Waals surface area contributed by atoms with Gasteiger partial charge in [0.05, 0.1) is 23.3 Å². The number of halogens is 1. The first-order valence-corrected chi connectivity index (χ1v) is 10.6. The Balaban J connectivity index is 1.43. The van der Waals surface area contributed by atoms with E-state index < -0.39 is 0 Å². The van der Waals surface area contributed by atoms with Crippen LogP contribution in [0, 0.1) is 5.92 Å². The van der Waals surface area contributed by atoms with Crippen molar-refractivity contribution in [2.24, 2.45) is 5.92 Å². The normalized spacial score (nSPS) is 20.8. The summed E-state index contributed by atoms with van der Waals surface area (Å²) >= 11 is 6.10. The Morgan fingerprint density at radius 2 is 1.75 bits per heavy atom. The first-order chi connectivity index (χ1) is 13.4. The van der Waals surface area contributed by atoms with Crippen molar-refractivity contribution >= 4 is 29.1 Å². The number of para-hydroxylation sites is 1. The lowest BCUT2D eigenvalue weighted by atomic mass is 9.98. The van der Waals surface area contributed by atoms with Crippen molar-refractivity contribution in [1.82, 2.24) is 14.7 Å². The largest absolute Gasteiger partial charge is 0.341 e. The topological polar surface area (TPSA) is 55.9 Å². The van der Waals surface area contributed by atoms with Crippen LogP contribution in [-0.4, -0.2) is 78.4 Å². The molecule has 0 spiro atoms. The molecule has 6 nitrogen and oxygen atoms in total. The minimum absolute atomic E-state index is 0.0619. The molecule has 1 N–H and O–H groups in total. The molecular formula is C21H31ClN4O2. The summed E-state index contributed by atoms with van der Waals surface area (Å²) in [7, 11) is 0. The molecule has 0 saturated carbocycles. The fraction of sp³-hybridized carbons (Fsp3) is 0.619. The number of piperidine rings is 1. The third-order valence-corrected chi connectivity index (χ3v) is 6.25. The number of carbonyl (C=O) groups excluding carboxylic acids is 2. The predicted octanol–water partition coefficient (Wildman–Crippen LogP) is 2.54. The van der Waals surface area contributed by atoms with E-state index in [4.69, 9.17) is 11.6 Å². The number of rotatable bonds is 5. The Morgan fingerprint density at radius 1 is 1.11 bits per heavy atom. The van der Waals surface area contributed by atoms with E-state index in [0.717, 1.165) is 58.0 Å². The fourth-order valence-electron chi connectivity index (χ4n) is 3.91. The third kappa shape index (κ3) is 5.46. The standard InChI is InChI=1S/C21H31ClN4O2/c1-16-7-9-26(10-8-16)21(28)17(2)25-13-11-24(12-14-25)15-20(27)23-19-6-4-3-5-18(19)22/h3-6,16-17H,7-15H2,1-2H3,(H,23,27). The summed E-state index contributed by atoms with van der Waals surface area (Å²) in [5, 5.41) is 3.41. The Kier molecular flexibility index (Phi) is 7.32. The van der Waals surface area contributed by atoms with Crippen LogP contribution in [0.3, 0.4) is 0 Å². The van der Waals surface area contributed by atoms with Gasteiger partial charge in [-0.05, 0) is 37.8 Å². The molecule has 2 heterocycles. The molecule has 28 heavy (non-hydrogen) atoms. The van der Waals surface area contributed by atoms with Crippen LogP contribution < -0.4 is 5.32 Å². The van der Waals surface area contributed by atoms with Crippen molar-refractivity contribution < 1.29 is 9.59 Å². The second kappa shape index (κ2) is 9.72. The number of hydrogen-bond acceptors (Lipinski definition) is 4. The Hall–Kier alpha value is -1.63. The molecule has 1 aromatic rings. The van der Waals surface area contributed by atoms with E-state index in [1.54, 1.807) is 12.1 Å². The minimum atomic E-state index is -0.0903. The van der Waals surface area contributed by atoms with Gasteiger partial charge in [-0.15, -0.1) is 0 Å². The Morgan fingerprint density at radius 3 is 2.39 bits per heavy atom. The number of carbonyl (C=O) groups is 2. The molecule has 0 aromatic heterocycles. The molecule has 0 radical (unpaired) electrons. The van der Waals surface area contributed by atoms with E-state index in [2.05, 4.69) is 22.0 Å². The molecule has 7 heteroatoms. The lowest BCUT2D eigenvalue weighted by Crippen LogP contribution is -2.56. The lowest BCUT2D eigenvalue weighted by Gasteiger charge is -2.40. The maximum absolute atomic E-state index is 12.8. The number of hydrogen-bond donors (Lipinski definition) is 1. The molecule has 1 aromatic carbocycles. The van der Waals surface area contributed by atoms with Gasteiger partial charge in [-0.2, -0.15) is 0 Å². The lowest BCUT2D eigenvalue weighted by molar-refractivity contribution is -0.138. The Bertz CT molecular complexity index is 683. The zero-order chi connectivity index (χ0) is 20.1. The van der Waals surface area contributed by atoms with Gasteiger partial charge >= 0.3 is 0 Å². The van der Waals surface area contributed by atoms with E-state index in [1.807, 2.05) is 24.0 Å². The van der Waals surface area contributed by atoms with Crippen LogP contribution in [0.15, 0.2) is 24.3 Å². The second-order valence-electron chi connectivity index (χ2n) is 8.02. The van der Waals surface area contributed by atoms with E-state index in [0.29, 0.717) is 17.3 Å². The van der Waals surface area contributed by atoms with E-state index in [9.17, 15) is 9.59 Å². The summed E-state index contributed by atoms with van der Waals surface area (Å²) in [6, 6.07) is 7.16. The highest BCUT2D eigenvalue weighted by atomic mass is 35.5. The molecule has 154 valence electrons. The Labute approximate surface area is 172 Å². The summed E-state index contributed by atoms with van der Waals surface area (Å²) in [6.45, 7) is 9.54. The predicted molar refractivity (Wildman–Crippen MR) is 113 cm³/mol. The van der Waals surface area contributed by atoms with Crippen LogP contribution in [0.1, 0.15) is 26.7 Å². The van der Waals surface area contributed by atoms with Crippen LogP contribution in [0.4, 0.5) is 5.69 Å². The van der Waals surface area contributed by atoms with Crippen LogP contribution in [-0.2, 0) is 9.59 Å². The molecule has 2 amide bonds. The minimum Gasteiger partial charge on any atom is -0.341 e. The smallest absolute Gasteiger partial charge is 0.239 e. The van der Waals surface area contributed by atoms with Crippen molar-refractivity contribution in [2.45, 2.75) is 32.7 Å². The van der Waals surface area contributed by atoms with Crippen molar-refractivity contribution in [1.29, 1.82) is 0 Å². The highest BCUT2D eigenvalue weighted by Crippen LogP contribution is 2.21. The van der Waals surface area contributed by atoms with Crippen LogP contribution in [0.2, 0.25) is 5.02 Å². The molecule has 0 bridgehead atoms. The van der Waals surface area contributed by atoms with Gasteiger partial charge in [0.15, 0.2) is 0 Å². The van der Waals surface area contributed by atoms with Gasteiger partial charge in [0.2, 0.25) is 11.8 Å². The monoisotopic (exact) mass is 406 g/mol.